The van der Waals surface area contributed by atoms with Gasteiger partial charge in [0.25, 0.3) is 6.43 Å². The van der Waals surface area contributed by atoms with E-state index < -0.39 is 28.8 Å². The molecule has 66 valence electrons. The van der Waals surface area contributed by atoms with Crippen molar-refractivity contribution in [1.82, 2.24) is 4.98 Å². The number of hydrogen-bond donors (Lipinski definition) is 0. The molecular weight excluding hydrogens is 198 g/mol. The number of pyridine rings is 1. The van der Waals surface area contributed by atoms with Crippen molar-refractivity contribution < 1.29 is 17.6 Å². The molecule has 1 rings (SSSR count). The molecule has 12 heavy (non-hydrogen) atoms. The zero-order chi connectivity index (χ0) is 9.30. The summed E-state index contributed by atoms with van der Waals surface area (Å²) in [6.45, 7) is 0. The van der Waals surface area contributed by atoms with Gasteiger partial charge in [0.15, 0.2) is 16.8 Å². The van der Waals surface area contributed by atoms with Crippen molar-refractivity contribution in [1.29, 1.82) is 0 Å². The highest BCUT2D eigenvalue weighted by Crippen LogP contribution is 2.27. The Hall–Kier alpha value is -0.840. The molecule has 1 heterocycles. The van der Waals surface area contributed by atoms with Gasteiger partial charge in [0.2, 0.25) is 0 Å². The zero-order valence-corrected chi connectivity index (χ0v) is 6.25. The van der Waals surface area contributed by atoms with E-state index in [4.69, 9.17) is 11.6 Å². The van der Waals surface area contributed by atoms with E-state index in [1.54, 1.807) is 0 Å². The number of halogens is 5. The quantitative estimate of drug-likeness (QED) is 0.501. The maximum absolute atomic E-state index is 12.6. The van der Waals surface area contributed by atoms with Crippen LogP contribution in [0.5, 0.6) is 0 Å². The third kappa shape index (κ3) is 1.50. The van der Waals surface area contributed by atoms with Crippen molar-refractivity contribution in [2.24, 2.45) is 0 Å². The first kappa shape index (κ1) is 9.25. The maximum atomic E-state index is 12.6. The normalized spacial score (nSPS) is 10.8. The second-order valence-electron chi connectivity index (χ2n) is 1.93. The lowest BCUT2D eigenvalue weighted by atomic mass is 10.2. The summed E-state index contributed by atoms with van der Waals surface area (Å²) in [5.74, 6) is -2.90. The summed E-state index contributed by atoms with van der Waals surface area (Å²) in [5, 5.41) is -0.758. The fraction of sp³-hybridized carbons (Fsp3) is 0.167. The van der Waals surface area contributed by atoms with Gasteiger partial charge in [0.05, 0.1) is 11.8 Å². The van der Waals surface area contributed by atoms with E-state index in [1.807, 2.05) is 0 Å². The Morgan fingerprint density at radius 3 is 2.33 bits per heavy atom. The van der Waals surface area contributed by atoms with Crippen LogP contribution in [0, 0.1) is 11.6 Å². The predicted octanol–water partition coefficient (Wildman–Crippen LogP) is 2.95. The lowest BCUT2D eigenvalue weighted by Crippen LogP contribution is -1.98. The molecule has 0 amide bonds. The molecule has 0 fully saturated rings. The maximum Gasteiger partial charge on any atom is 0.269 e. The second kappa shape index (κ2) is 3.26. The molecule has 0 atom stereocenters. The van der Waals surface area contributed by atoms with Crippen LogP contribution in [0.2, 0.25) is 5.15 Å². The summed E-state index contributed by atoms with van der Waals surface area (Å²) in [6, 6.07) is 0. The van der Waals surface area contributed by atoms with Crippen molar-refractivity contribution in [3.05, 3.63) is 28.5 Å². The van der Waals surface area contributed by atoms with Gasteiger partial charge in [-0.1, -0.05) is 11.6 Å². The van der Waals surface area contributed by atoms with E-state index in [0.717, 1.165) is 0 Å². The van der Waals surface area contributed by atoms with Crippen molar-refractivity contribution in [3.63, 3.8) is 0 Å². The van der Waals surface area contributed by atoms with Crippen molar-refractivity contribution >= 4 is 11.6 Å². The Balaban J connectivity index is 3.33. The van der Waals surface area contributed by atoms with E-state index in [0.29, 0.717) is 6.20 Å². The zero-order valence-electron chi connectivity index (χ0n) is 5.49. The van der Waals surface area contributed by atoms with Crippen LogP contribution in [0.3, 0.4) is 0 Å². The highest BCUT2D eigenvalue weighted by Gasteiger charge is 2.21. The highest BCUT2D eigenvalue weighted by atomic mass is 35.5. The largest absolute Gasteiger partial charge is 0.269 e. The Morgan fingerprint density at radius 2 is 1.92 bits per heavy atom. The molecule has 0 unspecified atom stereocenters. The third-order valence-corrected chi connectivity index (χ3v) is 1.45. The summed E-state index contributed by atoms with van der Waals surface area (Å²) >= 11 is 5.04. The molecule has 0 aliphatic carbocycles. The second-order valence-corrected chi connectivity index (χ2v) is 2.28. The fourth-order valence-electron chi connectivity index (χ4n) is 0.656. The monoisotopic (exact) mass is 199 g/mol. The summed E-state index contributed by atoms with van der Waals surface area (Å²) in [6.07, 6.45) is -2.78. The van der Waals surface area contributed by atoms with Crippen LogP contribution < -0.4 is 0 Å². The molecule has 0 saturated carbocycles. The fourth-order valence-corrected chi connectivity index (χ4v) is 0.806. The van der Waals surface area contributed by atoms with Crippen LogP contribution in [0.4, 0.5) is 17.6 Å². The minimum atomic E-state index is -3.23. The van der Waals surface area contributed by atoms with E-state index in [2.05, 4.69) is 4.98 Å². The molecule has 6 heteroatoms. The summed E-state index contributed by atoms with van der Waals surface area (Å²) in [7, 11) is 0. The smallest absolute Gasteiger partial charge is 0.238 e. The number of rotatable bonds is 1. The molecule has 0 radical (unpaired) electrons. The minimum absolute atomic E-state index is 0.451. The number of aromatic nitrogens is 1. The number of alkyl halides is 2. The Labute approximate surface area is 70.0 Å². The van der Waals surface area contributed by atoms with E-state index in [-0.39, 0.29) is 0 Å². The van der Waals surface area contributed by atoms with Crippen LogP contribution in [0.1, 0.15) is 12.0 Å². The van der Waals surface area contributed by atoms with Gasteiger partial charge in [-0.25, -0.2) is 22.5 Å². The highest BCUT2D eigenvalue weighted by molar-refractivity contribution is 6.29. The van der Waals surface area contributed by atoms with E-state index in [1.165, 1.54) is 0 Å². The molecule has 0 bridgehead atoms. The van der Waals surface area contributed by atoms with Gasteiger partial charge < -0.3 is 0 Å². The standard InChI is InChI=1S/C6H2ClF4N/c7-5-4(9)3(6(10)11)2(8)1-12-5/h1,6H. The molecular formula is C6H2ClF4N. The van der Waals surface area contributed by atoms with Gasteiger partial charge >= 0.3 is 0 Å². The van der Waals surface area contributed by atoms with Crippen LogP contribution in [-0.4, -0.2) is 4.98 Å². The van der Waals surface area contributed by atoms with Crippen molar-refractivity contribution in [2.75, 3.05) is 0 Å². The summed E-state index contributed by atoms with van der Waals surface area (Å²) in [5.41, 5.74) is -1.34. The van der Waals surface area contributed by atoms with Crippen LogP contribution in [0.15, 0.2) is 6.20 Å². The Kier molecular flexibility index (Phi) is 2.52. The first-order chi connectivity index (χ1) is 5.54. The van der Waals surface area contributed by atoms with Gasteiger partial charge in [0, 0.05) is 0 Å². The van der Waals surface area contributed by atoms with Gasteiger partial charge in [-0.15, -0.1) is 0 Å². The number of nitrogens with zero attached hydrogens (tertiary/aromatic N) is 1. The molecule has 1 aromatic heterocycles. The summed E-state index contributed by atoms with van der Waals surface area (Å²) < 4.78 is 48.8. The Bertz CT molecular complexity index is 302. The van der Waals surface area contributed by atoms with Crippen LogP contribution in [-0.2, 0) is 0 Å². The Morgan fingerprint density at radius 1 is 1.33 bits per heavy atom. The van der Waals surface area contributed by atoms with Gasteiger partial charge in [0.1, 0.15) is 0 Å². The van der Waals surface area contributed by atoms with Crippen LogP contribution in [0.25, 0.3) is 0 Å². The lowest BCUT2D eigenvalue weighted by molar-refractivity contribution is 0.140. The molecule has 0 aromatic carbocycles. The average molecular weight is 200 g/mol. The van der Waals surface area contributed by atoms with E-state index >= 15 is 0 Å². The van der Waals surface area contributed by atoms with Crippen LogP contribution >= 0.6 is 11.6 Å². The molecule has 0 aliphatic heterocycles. The first-order valence-electron chi connectivity index (χ1n) is 2.81. The third-order valence-electron chi connectivity index (χ3n) is 1.18. The van der Waals surface area contributed by atoms with E-state index in [9.17, 15) is 17.6 Å². The van der Waals surface area contributed by atoms with Crippen molar-refractivity contribution in [3.8, 4) is 0 Å². The molecule has 1 nitrogen and oxygen atoms in total. The van der Waals surface area contributed by atoms with Gasteiger partial charge in [-0.2, -0.15) is 0 Å². The SMILES string of the molecule is Fc1cnc(Cl)c(F)c1C(F)F. The summed E-state index contributed by atoms with van der Waals surface area (Å²) in [4.78, 5) is 3.00. The minimum Gasteiger partial charge on any atom is -0.238 e. The molecule has 0 spiro atoms. The van der Waals surface area contributed by atoms with Crippen molar-refractivity contribution in [2.45, 2.75) is 6.43 Å². The first-order valence-corrected chi connectivity index (χ1v) is 3.19. The lowest BCUT2D eigenvalue weighted by Gasteiger charge is -2.02. The van der Waals surface area contributed by atoms with Gasteiger partial charge in [-0.05, 0) is 0 Å². The van der Waals surface area contributed by atoms with Gasteiger partial charge in [-0.3, -0.25) is 0 Å². The number of hydrogen-bond acceptors (Lipinski definition) is 1. The molecule has 1 aromatic rings. The predicted molar refractivity (Wildman–Crippen MR) is 34.1 cm³/mol. The topological polar surface area (TPSA) is 12.9 Å². The molecule has 0 aliphatic rings. The molecule has 0 saturated heterocycles. The molecule has 0 N–H and O–H groups in total. The average Bonchev–Trinajstić information content (AvgIpc) is 1.97.